The predicted octanol–water partition coefficient (Wildman–Crippen LogP) is 1.50. The summed E-state index contributed by atoms with van der Waals surface area (Å²) in [6.07, 6.45) is 2.07. The highest BCUT2D eigenvalue weighted by Gasteiger charge is 2.23. The number of nitrogens with one attached hydrogen (secondary N) is 1. The second-order valence-corrected chi connectivity index (χ2v) is 4.60. The molecule has 0 bridgehead atoms. The monoisotopic (exact) mass is 252 g/mol. The van der Waals surface area contributed by atoms with E-state index in [4.69, 9.17) is 10.5 Å². The molecule has 1 aliphatic carbocycles. The zero-order valence-corrected chi connectivity index (χ0v) is 10.3. The lowest BCUT2D eigenvalue weighted by atomic mass is 10.1. The molecule has 2 rings (SSSR count). The number of carbonyl (C=O) groups is 1. The summed E-state index contributed by atoms with van der Waals surface area (Å²) in [5, 5.41) is 2.81. The van der Waals surface area contributed by atoms with Gasteiger partial charge >= 0.3 is 0 Å². The number of amides is 1. The number of nitrogens with two attached hydrogens (primary N) is 1. The van der Waals surface area contributed by atoms with Crippen LogP contribution in [0.3, 0.4) is 0 Å². The van der Waals surface area contributed by atoms with E-state index in [0.717, 1.165) is 12.8 Å². The Bertz CT molecular complexity index is 445. The molecule has 1 fully saturated rings. The van der Waals surface area contributed by atoms with Crippen LogP contribution in [0.2, 0.25) is 0 Å². The number of benzene rings is 1. The van der Waals surface area contributed by atoms with Crippen LogP contribution in [-0.4, -0.2) is 18.6 Å². The first kappa shape index (κ1) is 12.8. The first-order valence-electron chi connectivity index (χ1n) is 6.03. The smallest absolute Gasteiger partial charge is 0.258 e. The van der Waals surface area contributed by atoms with Crippen LogP contribution in [0.4, 0.5) is 4.39 Å². The van der Waals surface area contributed by atoms with Crippen molar-refractivity contribution in [1.29, 1.82) is 0 Å². The third kappa shape index (κ3) is 3.43. The van der Waals surface area contributed by atoms with Crippen LogP contribution in [0.25, 0.3) is 0 Å². The van der Waals surface area contributed by atoms with Gasteiger partial charge in [-0.3, -0.25) is 4.79 Å². The standard InChI is InChI=1S/C13H17FN2O2/c1-8(15)11-6-9(14)2-5-12(11)18-7-13(17)16-10-3-4-10/h2,5-6,8,10H,3-4,7,15H2,1H3,(H,16,17). The number of hydrogen-bond acceptors (Lipinski definition) is 3. The van der Waals surface area contributed by atoms with Crippen LogP contribution in [0.15, 0.2) is 18.2 Å². The molecular formula is C13H17FN2O2. The average Bonchev–Trinajstić information content (AvgIpc) is 3.11. The Morgan fingerprint density at radius 2 is 2.33 bits per heavy atom. The van der Waals surface area contributed by atoms with E-state index in [0.29, 0.717) is 17.4 Å². The maximum atomic E-state index is 13.1. The van der Waals surface area contributed by atoms with Gasteiger partial charge in [0.2, 0.25) is 0 Å². The van der Waals surface area contributed by atoms with Gasteiger partial charge in [-0.1, -0.05) is 0 Å². The number of rotatable bonds is 5. The van der Waals surface area contributed by atoms with E-state index in [-0.39, 0.29) is 24.4 Å². The zero-order chi connectivity index (χ0) is 13.1. The molecule has 4 nitrogen and oxygen atoms in total. The minimum Gasteiger partial charge on any atom is -0.483 e. The highest BCUT2D eigenvalue weighted by Crippen LogP contribution is 2.24. The lowest BCUT2D eigenvalue weighted by Crippen LogP contribution is -2.30. The van der Waals surface area contributed by atoms with Gasteiger partial charge in [-0.25, -0.2) is 4.39 Å². The first-order chi connectivity index (χ1) is 8.56. The maximum Gasteiger partial charge on any atom is 0.258 e. The Morgan fingerprint density at radius 3 is 2.94 bits per heavy atom. The highest BCUT2D eigenvalue weighted by atomic mass is 19.1. The van der Waals surface area contributed by atoms with Crippen molar-refractivity contribution in [2.75, 3.05) is 6.61 Å². The molecule has 1 aromatic carbocycles. The summed E-state index contributed by atoms with van der Waals surface area (Å²) in [6, 6.07) is 4.08. The molecular weight excluding hydrogens is 235 g/mol. The summed E-state index contributed by atoms with van der Waals surface area (Å²) < 4.78 is 18.5. The minimum absolute atomic E-state index is 0.0676. The fourth-order valence-electron chi connectivity index (χ4n) is 1.65. The minimum atomic E-state index is -0.364. The zero-order valence-electron chi connectivity index (χ0n) is 10.3. The van der Waals surface area contributed by atoms with Gasteiger partial charge in [-0.05, 0) is 38.0 Å². The first-order valence-corrected chi connectivity index (χ1v) is 6.03. The number of ether oxygens (including phenoxy) is 1. The van der Waals surface area contributed by atoms with Crippen LogP contribution in [0.5, 0.6) is 5.75 Å². The topological polar surface area (TPSA) is 64.3 Å². The van der Waals surface area contributed by atoms with Crippen LogP contribution in [0, 0.1) is 5.82 Å². The predicted molar refractivity (Wildman–Crippen MR) is 65.7 cm³/mol. The molecule has 0 heterocycles. The molecule has 0 radical (unpaired) electrons. The summed E-state index contributed by atoms with van der Waals surface area (Å²) >= 11 is 0. The van der Waals surface area contributed by atoms with E-state index in [1.807, 2.05) is 0 Å². The van der Waals surface area contributed by atoms with E-state index in [2.05, 4.69) is 5.32 Å². The largest absolute Gasteiger partial charge is 0.483 e. The molecule has 1 amide bonds. The van der Waals surface area contributed by atoms with Crippen molar-refractivity contribution in [1.82, 2.24) is 5.32 Å². The molecule has 1 aromatic rings. The number of halogens is 1. The molecule has 5 heteroatoms. The van der Waals surface area contributed by atoms with Crippen LogP contribution in [-0.2, 0) is 4.79 Å². The highest BCUT2D eigenvalue weighted by molar-refractivity contribution is 5.78. The van der Waals surface area contributed by atoms with Gasteiger partial charge in [0.25, 0.3) is 5.91 Å². The lowest BCUT2D eigenvalue weighted by molar-refractivity contribution is -0.123. The second-order valence-electron chi connectivity index (χ2n) is 4.60. The van der Waals surface area contributed by atoms with Gasteiger partial charge in [0.15, 0.2) is 6.61 Å². The van der Waals surface area contributed by atoms with Crippen LogP contribution >= 0.6 is 0 Å². The molecule has 1 saturated carbocycles. The summed E-state index contributed by atoms with van der Waals surface area (Å²) in [6.45, 7) is 1.67. The summed E-state index contributed by atoms with van der Waals surface area (Å²) in [7, 11) is 0. The van der Waals surface area contributed by atoms with Gasteiger partial charge in [0, 0.05) is 17.6 Å². The maximum absolute atomic E-state index is 13.1. The van der Waals surface area contributed by atoms with E-state index >= 15 is 0 Å². The summed E-state index contributed by atoms with van der Waals surface area (Å²) in [5.74, 6) is -0.0631. The summed E-state index contributed by atoms with van der Waals surface area (Å²) in [5.41, 5.74) is 6.30. The Kier molecular flexibility index (Phi) is 3.81. The molecule has 3 N–H and O–H groups in total. The van der Waals surface area contributed by atoms with Crippen molar-refractivity contribution in [2.45, 2.75) is 31.8 Å². The van der Waals surface area contributed by atoms with E-state index in [1.54, 1.807) is 6.92 Å². The van der Waals surface area contributed by atoms with Crippen molar-refractivity contribution >= 4 is 5.91 Å². The van der Waals surface area contributed by atoms with Crippen molar-refractivity contribution < 1.29 is 13.9 Å². The Morgan fingerprint density at radius 1 is 1.61 bits per heavy atom. The molecule has 1 atom stereocenters. The van der Waals surface area contributed by atoms with Gasteiger partial charge < -0.3 is 15.8 Å². The molecule has 18 heavy (non-hydrogen) atoms. The number of carbonyl (C=O) groups excluding carboxylic acids is 1. The SMILES string of the molecule is CC(N)c1cc(F)ccc1OCC(=O)NC1CC1. The third-order valence-corrected chi connectivity index (χ3v) is 2.76. The number of hydrogen-bond donors (Lipinski definition) is 2. The van der Waals surface area contributed by atoms with E-state index < -0.39 is 0 Å². The molecule has 0 saturated heterocycles. The quantitative estimate of drug-likeness (QED) is 0.834. The second kappa shape index (κ2) is 5.35. The normalized spacial score (nSPS) is 16.2. The van der Waals surface area contributed by atoms with Crippen molar-refractivity contribution in [3.8, 4) is 5.75 Å². The Labute approximate surface area is 105 Å². The molecule has 0 aliphatic heterocycles. The molecule has 0 spiro atoms. The fourth-order valence-corrected chi connectivity index (χ4v) is 1.65. The van der Waals surface area contributed by atoms with Crippen LogP contribution < -0.4 is 15.8 Å². The molecule has 1 unspecified atom stereocenters. The van der Waals surface area contributed by atoms with Gasteiger partial charge in [-0.2, -0.15) is 0 Å². The van der Waals surface area contributed by atoms with Crippen LogP contribution in [0.1, 0.15) is 31.4 Å². The Hall–Kier alpha value is -1.62. The molecule has 98 valence electrons. The average molecular weight is 252 g/mol. The van der Waals surface area contributed by atoms with Gasteiger partial charge in [0.05, 0.1) is 0 Å². The van der Waals surface area contributed by atoms with Crippen molar-refractivity contribution in [2.24, 2.45) is 5.73 Å². The molecule has 1 aliphatic rings. The van der Waals surface area contributed by atoms with Gasteiger partial charge in [0.1, 0.15) is 11.6 Å². The third-order valence-electron chi connectivity index (χ3n) is 2.76. The van der Waals surface area contributed by atoms with Gasteiger partial charge in [-0.15, -0.1) is 0 Å². The molecule has 0 aromatic heterocycles. The van der Waals surface area contributed by atoms with Crippen molar-refractivity contribution in [3.63, 3.8) is 0 Å². The lowest BCUT2D eigenvalue weighted by Gasteiger charge is -2.14. The summed E-state index contributed by atoms with van der Waals surface area (Å²) in [4.78, 5) is 11.5. The van der Waals surface area contributed by atoms with Crippen molar-refractivity contribution in [3.05, 3.63) is 29.6 Å². The van der Waals surface area contributed by atoms with E-state index in [9.17, 15) is 9.18 Å². The van der Waals surface area contributed by atoms with E-state index in [1.165, 1.54) is 18.2 Å². The fraction of sp³-hybridized carbons (Fsp3) is 0.462. The Balaban J connectivity index is 1.96.